The van der Waals surface area contributed by atoms with Crippen molar-refractivity contribution in [3.05, 3.63) is 29.8 Å². The Morgan fingerprint density at radius 2 is 1.74 bits per heavy atom. The first-order chi connectivity index (χ1) is 13.2. The molecule has 1 aromatic carbocycles. The van der Waals surface area contributed by atoms with Crippen LogP contribution < -0.4 is 15.4 Å². The van der Waals surface area contributed by atoms with E-state index in [0.717, 1.165) is 37.8 Å². The lowest BCUT2D eigenvalue weighted by molar-refractivity contribution is 0.138. The third kappa shape index (κ3) is 4.75. The van der Waals surface area contributed by atoms with Crippen LogP contribution in [0.3, 0.4) is 0 Å². The number of hydrogen-bond acceptors (Lipinski definition) is 3. The van der Waals surface area contributed by atoms with Gasteiger partial charge in [0.15, 0.2) is 5.96 Å². The van der Waals surface area contributed by atoms with Crippen molar-refractivity contribution in [3.63, 3.8) is 0 Å². The van der Waals surface area contributed by atoms with E-state index in [1.807, 2.05) is 13.1 Å². The van der Waals surface area contributed by atoms with Crippen molar-refractivity contribution < 1.29 is 9.47 Å². The van der Waals surface area contributed by atoms with Gasteiger partial charge in [-0.05, 0) is 43.6 Å². The Morgan fingerprint density at radius 3 is 2.37 bits per heavy atom. The van der Waals surface area contributed by atoms with E-state index in [4.69, 9.17) is 9.47 Å². The first-order valence-electron chi connectivity index (χ1n) is 10.2. The molecule has 0 spiro atoms. The lowest BCUT2D eigenvalue weighted by Crippen LogP contribution is -2.45. The summed E-state index contributed by atoms with van der Waals surface area (Å²) in [6, 6.07) is 8.39. The Balaban J connectivity index is 1.56. The number of aliphatic imine (C=N–C) groups is 1. The summed E-state index contributed by atoms with van der Waals surface area (Å²) >= 11 is 0. The summed E-state index contributed by atoms with van der Waals surface area (Å²) in [5.41, 5.74) is 1.83. The zero-order valence-corrected chi connectivity index (χ0v) is 17.1. The van der Waals surface area contributed by atoms with Crippen LogP contribution in [0.5, 0.6) is 5.75 Å². The van der Waals surface area contributed by atoms with Crippen LogP contribution in [0, 0.1) is 5.41 Å². The lowest BCUT2D eigenvalue weighted by Gasteiger charge is -2.30. The number of ether oxygens (including phenoxy) is 2. The van der Waals surface area contributed by atoms with Gasteiger partial charge in [-0.25, -0.2) is 0 Å². The topological polar surface area (TPSA) is 54.9 Å². The highest BCUT2D eigenvalue weighted by molar-refractivity contribution is 5.80. The monoisotopic (exact) mass is 373 g/mol. The fraction of sp³-hybridized carbons (Fsp3) is 0.682. The Morgan fingerprint density at radius 1 is 1.04 bits per heavy atom. The van der Waals surface area contributed by atoms with Gasteiger partial charge in [0.1, 0.15) is 5.75 Å². The second kappa shape index (κ2) is 8.96. The van der Waals surface area contributed by atoms with Crippen molar-refractivity contribution in [3.8, 4) is 5.75 Å². The highest BCUT2D eigenvalue weighted by Crippen LogP contribution is 2.50. The Labute approximate surface area is 163 Å². The van der Waals surface area contributed by atoms with Gasteiger partial charge in [0.25, 0.3) is 0 Å². The van der Waals surface area contributed by atoms with Crippen LogP contribution >= 0.6 is 0 Å². The first kappa shape index (κ1) is 20.0. The fourth-order valence-electron chi connectivity index (χ4n) is 4.48. The molecule has 0 amide bonds. The maximum Gasteiger partial charge on any atom is 0.191 e. The molecule has 0 heterocycles. The molecule has 2 N–H and O–H groups in total. The number of methoxy groups -OCH3 is 2. The van der Waals surface area contributed by atoms with Gasteiger partial charge >= 0.3 is 0 Å². The van der Waals surface area contributed by atoms with Gasteiger partial charge in [0.05, 0.1) is 7.11 Å². The number of hydrogen-bond donors (Lipinski definition) is 2. The van der Waals surface area contributed by atoms with E-state index in [9.17, 15) is 0 Å². The highest BCUT2D eigenvalue weighted by Gasteiger charge is 2.46. The van der Waals surface area contributed by atoms with E-state index in [1.54, 1.807) is 14.2 Å². The lowest BCUT2D eigenvalue weighted by atomic mass is 9.83. The molecule has 150 valence electrons. The van der Waals surface area contributed by atoms with Crippen molar-refractivity contribution in [2.45, 2.75) is 50.4 Å². The summed E-state index contributed by atoms with van der Waals surface area (Å²) < 4.78 is 10.9. The molecule has 2 aliphatic rings. The van der Waals surface area contributed by atoms with Crippen LogP contribution in [0.4, 0.5) is 0 Å². The second-order valence-electron chi connectivity index (χ2n) is 8.21. The molecule has 3 rings (SSSR count). The predicted molar refractivity (Wildman–Crippen MR) is 111 cm³/mol. The van der Waals surface area contributed by atoms with Gasteiger partial charge in [-0.3, -0.25) is 4.99 Å². The molecule has 27 heavy (non-hydrogen) atoms. The average molecular weight is 374 g/mol. The Bertz CT molecular complexity index is 634. The molecular weight excluding hydrogens is 338 g/mol. The molecule has 5 nitrogen and oxygen atoms in total. The third-order valence-corrected chi connectivity index (χ3v) is 6.48. The number of nitrogens with one attached hydrogen (secondary N) is 2. The smallest absolute Gasteiger partial charge is 0.191 e. The van der Waals surface area contributed by atoms with E-state index in [1.165, 1.54) is 44.1 Å². The van der Waals surface area contributed by atoms with E-state index in [2.05, 4.69) is 33.8 Å². The largest absolute Gasteiger partial charge is 0.496 e. The minimum absolute atomic E-state index is 0.172. The van der Waals surface area contributed by atoms with Crippen LogP contribution in [0.15, 0.2) is 29.3 Å². The normalized spacial score (nSPS) is 20.3. The number of guanidine groups is 1. The maximum absolute atomic E-state index is 5.59. The van der Waals surface area contributed by atoms with Gasteiger partial charge < -0.3 is 20.1 Å². The van der Waals surface area contributed by atoms with Crippen molar-refractivity contribution in [2.75, 3.05) is 41.0 Å². The molecule has 0 atom stereocenters. The van der Waals surface area contributed by atoms with Crippen LogP contribution in [0.25, 0.3) is 0 Å². The third-order valence-electron chi connectivity index (χ3n) is 6.48. The molecular formula is C22H35N3O2. The predicted octanol–water partition coefficient (Wildman–Crippen LogP) is 3.49. The van der Waals surface area contributed by atoms with E-state index < -0.39 is 0 Å². The molecule has 2 saturated carbocycles. The minimum Gasteiger partial charge on any atom is -0.496 e. The summed E-state index contributed by atoms with van der Waals surface area (Å²) in [7, 11) is 5.40. The number of nitrogens with zero attached hydrogens (tertiary/aromatic N) is 1. The summed E-state index contributed by atoms with van der Waals surface area (Å²) in [6.07, 6.45) is 8.72. The summed E-state index contributed by atoms with van der Waals surface area (Å²) in [5.74, 6) is 1.89. The van der Waals surface area contributed by atoms with Gasteiger partial charge in [-0.1, -0.05) is 31.0 Å². The van der Waals surface area contributed by atoms with Crippen LogP contribution in [0.2, 0.25) is 0 Å². The molecule has 2 aliphatic carbocycles. The molecule has 1 aromatic rings. The molecule has 0 bridgehead atoms. The van der Waals surface area contributed by atoms with Crippen LogP contribution in [-0.4, -0.2) is 46.9 Å². The zero-order valence-electron chi connectivity index (χ0n) is 17.1. The van der Waals surface area contributed by atoms with E-state index in [0.29, 0.717) is 5.41 Å². The fourth-order valence-corrected chi connectivity index (χ4v) is 4.48. The zero-order chi connectivity index (χ0) is 19.2. The molecule has 5 heteroatoms. The standard InChI is InChI=1S/C22H35N3O2/c1-23-20(24-16-21(14-15-26-2)10-6-7-11-21)25-17-22(12-13-22)18-8-4-5-9-19(18)27-3/h4-5,8-9H,6-7,10-17H2,1-3H3,(H2,23,24,25). The van der Waals surface area contributed by atoms with Gasteiger partial charge in [-0.15, -0.1) is 0 Å². The van der Waals surface area contributed by atoms with Crippen molar-refractivity contribution in [1.82, 2.24) is 10.6 Å². The molecule has 0 radical (unpaired) electrons. The van der Waals surface area contributed by atoms with E-state index in [-0.39, 0.29) is 5.41 Å². The highest BCUT2D eigenvalue weighted by atomic mass is 16.5. The SMILES string of the molecule is CN=C(NCC1(CCOC)CCCC1)NCC1(c2ccccc2OC)CC1. The van der Waals surface area contributed by atoms with Crippen molar-refractivity contribution in [2.24, 2.45) is 10.4 Å². The summed E-state index contributed by atoms with van der Waals surface area (Å²) in [6.45, 7) is 2.69. The Kier molecular flexibility index (Phi) is 6.64. The average Bonchev–Trinajstić information content (AvgIpc) is 3.36. The number of rotatable bonds is 9. The summed E-state index contributed by atoms with van der Waals surface area (Å²) in [4.78, 5) is 4.46. The van der Waals surface area contributed by atoms with E-state index >= 15 is 0 Å². The number of para-hydroxylation sites is 1. The Hall–Kier alpha value is -1.75. The minimum atomic E-state index is 0.172. The molecule has 0 aliphatic heterocycles. The van der Waals surface area contributed by atoms with Gasteiger partial charge in [-0.2, -0.15) is 0 Å². The van der Waals surface area contributed by atoms with Gasteiger partial charge in [0.2, 0.25) is 0 Å². The molecule has 0 aromatic heterocycles. The van der Waals surface area contributed by atoms with Crippen molar-refractivity contribution >= 4 is 5.96 Å². The second-order valence-corrected chi connectivity index (χ2v) is 8.21. The van der Waals surface area contributed by atoms with Crippen LogP contribution in [-0.2, 0) is 10.2 Å². The van der Waals surface area contributed by atoms with Crippen molar-refractivity contribution in [1.29, 1.82) is 0 Å². The molecule has 0 unspecified atom stereocenters. The molecule has 2 fully saturated rings. The first-order valence-corrected chi connectivity index (χ1v) is 10.2. The summed E-state index contributed by atoms with van der Waals surface area (Å²) in [5, 5.41) is 7.16. The quantitative estimate of drug-likeness (QED) is 0.514. The molecule has 0 saturated heterocycles. The van der Waals surface area contributed by atoms with Crippen LogP contribution in [0.1, 0.15) is 50.5 Å². The maximum atomic E-state index is 5.59. The number of benzene rings is 1. The van der Waals surface area contributed by atoms with Gasteiger partial charge in [0, 0.05) is 44.8 Å².